The Morgan fingerprint density at radius 1 is 1.29 bits per heavy atom. The number of nitro benzene ring substituents is 1. The van der Waals surface area contributed by atoms with Gasteiger partial charge in [-0.2, -0.15) is 0 Å². The maximum atomic E-state index is 11.3. The smallest absolute Gasteiger partial charge is 0.269 e. The summed E-state index contributed by atoms with van der Waals surface area (Å²) in [6.07, 6.45) is -0.155. The van der Waals surface area contributed by atoms with Gasteiger partial charge in [-0.1, -0.05) is 0 Å². The molecule has 0 saturated carbocycles. The zero-order valence-electron chi connectivity index (χ0n) is 9.40. The number of nitro groups is 1. The molecule has 1 rings (SSSR count). The van der Waals surface area contributed by atoms with Gasteiger partial charge in [0.25, 0.3) is 5.69 Å². The lowest BCUT2D eigenvalue weighted by Crippen LogP contribution is -2.24. The van der Waals surface area contributed by atoms with Gasteiger partial charge >= 0.3 is 0 Å². The Hall–Kier alpha value is -1.47. The minimum absolute atomic E-state index is 0.104. The number of non-ortho nitro benzene ring substituents is 1. The van der Waals surface area contributed by atoms with Crippen molar-refractivity contribution in [3.05, 3.63) is 39.9 Å². The number of benzene rings is 1. The summed E-state index contributed by atoms with van der Waals surface area (Å²) >= 11 is 0. The molecule has 7 heteroatoms. The Balaban J connectivity index is 2.98. The van der Waals surface area contributed by atoms with Gasteiger partial charge in [-0.3, -0.25) is 10.1 Å². The van der Waals surface area contributed by atoms with E-state index in [0.717, 1.165) is 6.26 Å². The number of hydrogen-bond donors (Lipinski definition) is 1. The van der Waals surface area contributed by atoms with Crippen LogP contribution in [0.1, 0.15) is 18.6 Å². The van der Waals surface area contributed by atoms with E-state index in [4.69, 9.17) is 0 Å². The van der Waals surface area contributed by atoms with E-state index in [2.05, 4.69) is 0 Å². The highest BCUT2D eigenvalue weighted by atomic mass is 32.2. The monoisotopic (exact) mass is 259 g/mol. The van der Waals surface area contributed by atoms with Crippen molar-refractivity contribution in [2.75, 3.05) is 6.26 Å². The molecule has 0 spiro atoms. The fourth-order valence-electron chi connectivity index (χ4n) is 1.30. The predicted molar refractivity (Wildman–Crippen MR) is 62.4 cm³/mol. The first-order valence-corrected chi connectivity index (χ1v) is 6.80. The third kappa shape index (κ3) is 3.24. The summed E-state index contributed by atoms with van der Waals surface area (Å²) < 4.78 is 22.5. The van der Waals surface area contributed by atoms with Crippen molar-refractivity contribution in [3.8, 4) is 0 Å². The molecule has 0 aliphatic carbocycles. The number of rotatable bonds is 4. The first-order valence-electron chi connectivity index (χ1n) is 4.84. The van der Waals surface area contributed by atoms with E-state index in [-0.39, 0.29) is 5.69 Å². The molecule has 0 bridgehead atoms. The lowest BCUT2D eigenvalue weighted by atomic mass is 10.1. The van der Waals surface area contributed by atoms with Gasteiger partial charge in [-0.05, 0) is 24.6 Å². The van der Waals surface area contributed by atoms with E-state index < -0.39 is 26.1 Å². The van der Waals surface area contributed by atoms with Crippen LogP contribution in [-0.4, -0.2) is 30.0 Å². The number of nitrogens with zero attached hydrogens (tertiary/aromatic N) is 1. The number of aliphatic hydroxyl groups is 1. The topological polar surface area (TPSA) is 97.5 Å². The molecule has 0 aliphatic heterocycles. The highest BCUT2D eigenvalue weighted by molar-refractivity contribution is 7.91. The number of sulfone groups is 1. The van der Waals surface area contributed by atoms with Crippen LogP contribution in [0.4, 0.5) is 5.69 Å². The molecule has 1 aromatic carbocycles. The standard InChI is InChI=1S/C10H13NO5S/c1-7(17(2,15)16)10(12)8-3-5-9(6-4-8)11(13)14/h3-7,10,12H,1-2H3. The first kappa shape index (κ1) is 13.6. The van der Waals surface area contributed by atoms with Crippen molar-refractivity contribution in [2.24, 2.45) is 0 Å². The molecule has 0 aromatic heterocycles. The highest BCUT2D eigenvalue weighted by Crippen LogP contribution is 2.23. The quantitative estimate of drug-likeness (QED) is 0.644. The molecule has 0 aliphatic rings. The van der Waals surface area contributed by atoms with Gasteiger partial charge in [0.15, 0.2) is 9.84 Å². The van der Waals surface area contributed by atoms with E-state index in [1.165, 1.54) is 31.2 Å². The van der Waals surface area contributed by atoms with Gasteiger partial charge in [-0.15, -0.1) is 0 Å². The molecule has 17 heavy (non-hydrogen) atoms. The van der Waals surface area contributed by atoms with E-state index in [1.807, 2.05) is 0 Å². The lowest BCUT2D eigenvalue weighted by molar-refractivity contribution is -0.384. The van der Waals surface area contributed by atoms with Crippen LogP contribution in [0.2, 0.25) is 0 Å². The van der Waals surface area contributed by atoms with E-state index >= 15 is 0 Å². The van der Waals surface area contributed by atoms with E-state index in [9.17, 15) is 23.6 Å². The minimum Gasteiger partial charge on any atom is -0.387 e. The molecular formula is C10H13NO5S. The van der Waals surface area contributed by atoms with Crippen molar-refractivity contribution in [3.63, 3.8) is 0 Å². The number of hydrogen-bond acceptors (Lipinski definition) is 5. The summed E-state index contributed by atoms with van der Waals surface area (Å²) in [4.78, 5) is 9.86. The molecule has 2 atom stereocenters. The van der Waals surface area contributed by atoms with Gasteiger partial charge in [0.2, 0.25) is 0 Å². The maximum Gasteiger partial charge on any atom is 0.269 e. The Labute approximate surface area is 99.0 Å². The average Bonchev–Trinajstić information content (AvgIpc) is 2.26. The van der Waals surface area contributed by atoms with Crippen molar-refractivity contribution >= 4 is 15.5 Å². The fraction of sp³-hybridized carbons (Fsp3) is 0.400. The largest absolute Gasteiger partial charge is 0.387 e. The van der Waals surface area contributed by atoms with Crippen LogP contribution in [-0.2, 0) is 9.84 Å². The van der Waals surface area contributed by atoms with Gasteiger partial charge in [0.1, 0.15) is 0 Å². The zero-order valence-corrected chi connectivity index (χ0v) is 10.2. The van der Waals surface area contributed by atoms with E-state index in [0.29, 0.717) is 5.56 Å². The second kappa shape index (κ2) is 4.80. The summed E-state index contributed by atoms with van der Waals surface area (Å²) in [5.74, 6) is 0. The predicted octanol–water partition coefficient (Wildman–Crippen LogP) is 1.06. The Morgan fingerprint density at radius 2 is 1.76 bits per heavy atom. The molecule has 1 aromatic rings. The molecule has 0 fully saturated rings. The van der Waals surface area contributed by atoms with Gasteiger partial charge < -0.3 is 5.11 Å². The molecule has 2 unspecified atom stereocenters. The Morgan fingerprint density at radius 3 is 2.12 bits per heavy atom. The van der Waals surface area contributed by atoms with Crippen LogP contribution in [0.15, 0.2) is 24.3 Å². The average molecular weight is 259 g/mol. The van der Waals surface area contributed by atoms with Crippen molar-refractivity contribution in [1.29, 1.82) is 0 Å². The van der Waals surface area contributed by atoms with Gasteiger partial charge in [0, 0.05) is 18.4 Å². The van der Waals surface area contributed by atoms with E-state index in [1.54, 1.807) is 0 Å². The summed E-state index contributed by atoms with van der Waals surface area (Å²) in [7, 11) is -3.36. The lowest BCUT2D eigenvalue weighted by Gasteiger charge is -2.17. The third-order valence-corrected chi connectivity index (χ3v) is 4.17. The Bertz CT molecular complexity index is 508. The molecule has 1 N–H and O–H groups in total. The van der Waals surface area contributed by atoms with Gasteiger partial charge in [-0.25, -0.2) is 8.42 Å². The summed E-state index contributed by atoms with van der Waals surface area (Å²) in [5, 5.41) is 19.3. The SMILES string of the molecule is CC(C(O)c1ccc([N+](=O)[O-])cc1)S(C)(=O)=O. The summed E-state index contributed by atoms with van der Waals surface area (Å²) in [6, 6.07) is 5.16. The Kier molecular flexibility index (Phi) is 3.84. The fourth-order valence-corrected chi connectivity index (χ4v) is 1.92. The van der Waals surface area contributed by atoms with Crippen LogP contribution in [0, 0.1) is 10.1 Å². The molecule has 0 saturated heterocycles. The zero-order chi connectivity index (χ0) is 13.2. The third-order valence-electron chi connectivity index (χ3n) is 2.57. The van der Waals surface area contributed by atoms with Gasteiger partial charge in [0.05, 0.1) is 16.3 Å². The highest BCUT2D eigenvalue weighted by Gasteiger charge is 2.25. The normalized spacial score (nSPS) is 15.2. The molecule has 0 heterocycles. The second-order valence-corrected chi connectivity index (χ2v) is 6.23. The molecule has 94 valence electrons. The molecule has 6 nitrogen and oxygen atoms in total. The van der Waals surface area contributed by atoms with Crippen LogP contribution < -0.4 is 0 Å². The second-order valence-electron chi connectivity index (χ2n) is 3.83. The van der Waals surface area contributed by atoms with Crippen molar-refractivity contribution in [1.82, 2.24) is 0 Å². The van der Waals surface area contributed by atoms with Crippen LogP contribution in [0.25, 0.3) is 0 Å². The summed E-state index contributed by atoms with van der Waals surface area (Å²) in [6.45, 7) is 1.39. The molecule has 0 radical (unpaired) electrons. The van der Waals surface area contributed by atoms with Crippen LogP contribution in [0.3, 0.4) is 0 Å². The van der Waals surface area contributed by atoms with Crippen LogP contribution >= 0.6 is 0 Å². The van der Waals surface area contributed by atoms with Crippen molar-refractivity contribution < 1.29 is 18.4 Å². The number of aliphatic hydroxyl groups excluding tert-OH is 1. The summed E-state index contributed by atoms with van der Waals surface area (Å²) in [5.41, 5.74) is 0.237. The first-order chi connectivity index (χ1) is 7.73. The maximum absolute atomic E-state index is 11.3. The molecule has 0 amide bonds. The molecular weight excluding hydrogens is 246 g/mol. The van der Waals surface area contributed by atoms with Crippen LogP contribution in [0.5, 0.6) is 0 Å². The minimum atomic E-state index is -3.36. The van der Waals surface area contributed by atoms with Crippen molar-refractivity contribution in [2.45, 2.75) is 18.3 Å².